The summed E-state index contributed by atoms with van der Waals surface area (Å²) in [5.41, 5.74) is -1.89. The molecular formula is C6H7F3INO. The Balaban J connectivity index is 2.56. The van der Waals surface area contributed by atoms with E-state index >= 15 is 0 Å². The lowest BCUT2D eigenvalue weighted by atomic mass is 10.2. The van der Waals surface area contributed by atoms with Crippen LogP contribution < -0.4 is 5.32 Å². The van der Waals surface area contributed by atoms with Gasteiger partial charge in [0, 0.05) is 0 Å². The van der Waals surface area contributed by atoms with Crippen molar-refractivity contribution in [3.8, 4) is 0 Å². The highest BCUT2D eigenvalue weighted by Gasteiger charge is 2.64. The summed E-state index contributed by atoms with van der Waals surface area (Å²) >= 11 is 1.73. The molecule has 0 spiro atoms. The average Bonchev–Trinajstić information content (AvgIpc) is 2.67. The van der Waals surface area contributed by atoms with E-state index in [9.17, 15) is 18.0 Å². The molecule has 0 atom stereocenters. The molecule has 1 aliphatic carbocycles. The molecular weight excluding hydrogens is 286 g/mol. The number of nitrogens with one attached hydrogen (secondary N) is 1. The van der Waals surface area contributed by atoms with Gasteiger partial charge in [-0.15, -0.1) is 0 Å². The third kappa shape index (κ3) is 1.83. The highest BCUT2D eigenvalue weighted by molar-refractivity contribution is 14.1. The summed E-state index contributed by atoms with van der Waals surface area (Å²) in [6, 6.07) is 0. The third-order valence-corrected chi connectivity index (χ3v) is 2.49. The zero-order valence-corrected chi connectivity index (χ0v) is 8.20. The fourth-order valence-electron chi connectivity index (χ4n) is 0.905. The van der Waals surface area contributed by atoms with Gasteiger partial charge in [0.15, 0.2) is 0 Å². The van der Waals surface area contributed by atoms with E-state index in [1.54, 1.807) is 22.6 Å². The maximum absolute atomic E-state index is 12.2. The van der Waals surface area contributed by atoms with Crippen molar-refractivity contribution in [2.75, 3.05) is 4.43 Å². The standard InChI is InChI=1S/C6H7F3INO/c7-6(8,9)5(1-2-5)11-4(12)3-10/h1-3H2,(H,11,12). The molecule has 0 unspecified atom stereocenters. The van der Waals surface area contributed by atoms with Gasteiger partial charge in [0.25, 0.3) is 0 Å². The Hall–Kier alpha value is -0.0100. The monoisotopic (exact) mass is 293 g/mol. The minimum atomic E-state index is -4.30. The van der Waals surface area contributed by atoms with Crippen LogP contribution in [0.15, 0.2) is 0 Å². The van der Waals surface area contributed by atoms with Crippen LogP contribution >= 0.6 is 22.6 Å². The van der Waals surface area contributed by atoms with Crippen LogP contribution in [0.3, 0.4) is 0 Å². The van der Waals surface area contributed by atoms with E-state index in [-0.39, 0.29) is 17.3 Å². The number of halogens is 4. The van der Waals surface area contributed by atoms with E-state index in [2.05, 4.69) is 0 Å². The van der Waals surface area contributed by atoms with Gasteiger partial charge in [-0.1, -0.05) is 22.6 Å². The normalized spacial score (nSPS) is 20.3. The molecule has 0 aromatic carbocycles. The Labute approximate surface area is 81.0 Å². The molecule has 0 saturated heterocycles. The van der Waals surface area contributed by atoms with E-state index in [1.165, 1.54) is 0 Å². The van der Waals surface area contributed by atoms with Crippen molar-refractivity contribution in [2.45, 2.75) is 24.6 Å². The van der Waals surface area contributed by atoms with Crippen LogP contribution in [0.25, 0.3) is 0 Å². The maximum atomic E-state index is 12.2. The van der Waals surface area contributed by atoms with Crippen LogP contribution in [0.1, 0.15) is 12.8 Å². The summed E-state index contributed by atoms with van der Waals surface area (Å²) in [6.07, 6.45) is -4.27. The highest BCUT2D eigenvalue weighted by Crippen LogP contribution is 2.48. The van der Waals surface area contributed by atoms with E-state index in [0.717, 1.165) is 0 Å². The average molecular weight is 293 g/mol. The van der Waals surface area contributed by atoms with E-state index in [0.29, 0.717) is 0 Å². The molecule has 0 radical (unpaired) electrons. The Bertz CT molecular complexity index is 199. The third-order valence-electron chi connectivity index (χ3n) is 1.79. The molecule has 1 saturated carbocycles. The summed E-state index contributed by atoms with van der Waals surface area (Å²) in [5.74, 6) is -0.551. The molecule has 0 aliphatic heterocycles. The molecule has 0 heterocycles. The fourth-order valence-corrected chi connectivity index (χ4v) is 1.10. The van der Waals surface area contributed by atoms with E-state index < -0.39 is 17.6 Å². The van der Waals surface area contributed by atoms with Gasteiger partial charge in [-0.05, 0) is 12.8 Å². The maximum Gasteiger partial charge on any atom is 0.411 e. The van der Waals surface area contributed by atoms with Crippen LogP contribution in [0.5, 0.6) is 0 Å². The molecule has 1 aliphatic rings. The Kier molecular flexibility index (Phi) is 2.55. The van der Waals surface area contributed by atoms with Crippen molar-refractivity contribution in [2.24, 2.45) is 0 Å². The van der Waals surface area contributed by atoms with Gasteiger partial charge in [0.2, 0.25) is 5.91 Å². The first-order valence-electron chi connectivity index (χ1n) is 3.35. The molecule has 70 valence electrons. The number of alkyl halides is 4. The second kappa shape index (κ2) is 3.04. The second-order valence-electron chi connectivity index (χ2n) is 2.76. The topological polar surface area (TPSA) is 29.1 Å². The van der Waals surface area contributed by atoms with Crippen molar-refractivity contribution < 1.29 is 18.0 Å². The van der Waals surface area contributed by atoms with Gasteiger partial charge in [-0.2, -0.15) is 13.2 Å². The Morgan fingerprint density at radius 2 is 2.00 bits per heavy atom. The number of hydrogen-bond donors (Lipinski definition) is 1. The molecule has 6 heteroatoms. The minimum Gasteiger partial charge on any atom is -0.341 e. The summed E-state index contributed by atoms with van der Waals surface area (Å²) in [4.78, 5) is 10.7. The second-order valence-corrected chi connectivity index (χ2v) is 3.52. The molecule has 1 N–H and O–H groups in total. The first kappa shape index (κ1) is 10.1. The summed E-state index contributed by atoms with van der Waals surface area (Å²) in [7, 11) is 0. The van der Waals surface area contributed by atoms with Crippen molar-refractivity contribution in [1.82, 2.24) is 5.32 Å². The molecule has 0 aromatic heterocycles. The number of amides is 1. The Morgan fingerprint density at radius 1 is 1.50 bits per heavy atom. The fraction of sp³-hybridized carbons (Fsp3) is 0.833. The van der Waals surface area contributed by atoms with Crippen molar-refractivity contribution in [3.05, 3.63) is 0 Å². The lowest BCUT2D eigenvalue weighted by molar-refractivity contribution is -0.169. The van der Waals surface area contributed by atoms with Gasteiger partial charge in [0.1, 0.15) is 5.54 Å². The van der Waals surface area contributed by atoms with Crippen LogP contribution in [0, 0.1) is 0 Å². The smallest absolute Gasteiger partial charge is 0.341 e. The first-order valence-corrected chi connectivity index (χ1v) is 4.87. The number of rotatable bonds is 2. The zero-order valence-electron chi connectivity index (χ0n) is 6.04. The summed E-state index contributed by atoms with van der Waals surface area (Å²) in [6.45, 7) is 0. The summed E-state index contributed by atoms with van der Waals surface area (Å²) in [5, 5.41) is 1.99. The first-order chi connectivity index (χ1) is 5.41. The molecule has 2 nitrogen and oxygen atoms in total. The van der Waals surface area contributed by atoms with Crippen LogP contribution in [-0.2, 0) is 4.79 Å². The van der Waals surface area contributed by atoms with Crippen LogP contribution in [0.4, 0.5) is 13.2 Å². The Morgan fingerprint density at radius 3 is 2.25 bits per heavy atom. The minimum absolute atomic E-state index is 0.0128. The largest absolute Gasteiger partial charge is 0.411 e. The number of hydrogen-bond acceptors (Lipinski definition) is 1. The van der Waals surface area contributed by atoms with Gasteiger partial charge in [-0.3, -0.25) is 4.79 Å². The van der Waals surface area contributed by atoms with E-state index in [4.69, 9.17) is 0 Å². The molecule has 0 aromatic rings. The van der Waals surface area contributed by atoms with Crippen molar-refractivity contribution in [3.63, 3.8) is 0 Å². The summed E-state index contributed by atoms with van der Waals surface area (Å²) < 4.78 is 36.6. The molecule has 0 bridgehead atoms. The van der Waals surface area contributed by atoms with Gasteiger partial charge in [-0.25, -0.2) is 0 Å². The lowest BCUT2D eigenvalue weighted by Crippen LogP contribution is -2.48. The van der Waals surface area contributed by atoms with Gasteiger partial charge in [0.05, 0.1) is 4.43 Å². The van der Waals surface area contributed by atoms with Crippen LogP contribution in [0.2, 0.25) is 0 Å². The SMILES string of the molecule is O=C(CI)NC1(C(F)(F)F)CC1. The number of carbonyl (C=O) groups excluding carboxylic acids is 1. The van der Waals surface area contributed by atoms with Gasteiger partial charge >= 0.3 is 6.18 Å². The van der Waals surface area contributed by atoms with Crippen LogP contribution in [-0.4, -0.2) is 22.0 Å². The molecule has 1 amide bonds. The van der Waals surface area contributed by atoms with Crippen molar-refractivity contribution in [1.29, 1.82) is 0 Å². The molecule has 1 rings (SSSR count). The molecule has 1 fully saturated rings. The zero-order chi connectivity index (χ0) is 9.41. The van der Waals surface area contributed by atoms with E-state index in [1.807, 2.05) is 5.32 Å². The molecule has 12 heavy (non-hydrogen) atoms. The van der Waals surface area contributed by atoms with Gasteiger partial charge < -0.3 is 5.32 Å². The quantitative estimate of drug-likeness (QED) is 0.608. The predicted molar refractivity (Wildman–Crippen MR) is 45.0 cm³/mol. The highest BCUT2D eigenvalue weighted by atomic mass is 127. The van der Waals surface area contributed by atoms with Crippen molar-refractivity contribution >= 4 is 28.5 Å². The predicted octanol–water partition coefficient (Wildman–Crippen LogP) is 1.63. The lowest BCUT2D eigenvalue weighted by Gasteiger charge is -2.19. The number of carbonyl (C=O) groups is 1.